The molecule has 0 radical (unpaired) electrons. The Bertz CT molecular complexity index is 756. The van der Waals surface area contributed by atoms with E-state index in [4.69, 9.17) is 0 Å². The molecule has 6 heteroatoms. The molecule has 1 atom stereocenters. The van der Waals surface area contributed by atoms with Crippen LogP contribution >= 0.6 is 0 Å². The lowest BCUT2D eigenvalue weighted by atomic mass is 9.80. The van der Waals surface area contributed by atoms with Crippen LogP contribution in [-0.4, -0.2) is 39.6 Å². The van der Waals surface area contributed by atoms with Gasteiger partial charge in [0.2, 0.25) is 5.91 Å². The number of benzene rings is 1. The summed E-state index contributed by atoms with van der Waals surface area (Å²) in [5.74, 6) is -0.0688. The molecule has 1 aliphatic heterocycles. The van der Waals surface area contributed by atoms with Gasteiger partial charge in [0.05, 0.1) is 5.41 Å². The van der Waals surface area contributed by atoms with Gasteiger partial charge in [-0.25, -0.2) is 0 Å². The van der Waals surface area contributed by atoms with Gasteiger partial charge in [-0.1, -0.05) is 30.3 Å². The molecule has 2 heterocycles. The van der Waals surface area contributed by atoms with Crippen molar-refractivity contribution in [3.63, 3.8) is 0 Å². The van der Waals surface area contributed by atoms with Gasteiger partial charge in [0, 0.05) is 32.9 Å². The van der Waals surface area contributed by atoms with E-state index >= 15 is 0 Å². The van der Waals surface area contributed by atoms with Crippen LogP contribution in [0.5, 0.6) is 0 Å². The van der Waals surface area contributed by atoms with E-state index in [9.17, 15) is 9.59 Å². The van der Waals surface area contributed by atoms with Crippen LogP contribution in [0.25, 0.3) is 0 Å². The Balaban J connectivity index is 1.65. The van der Waals surface area contributed by atoms with Crippen LogP contribution in [0.2, 0.25) is 0 Å². The fourth-order valence-corrected chi connectivity index (χ4v) is 3.34. The van der Waals surface area contributed by atoms with Crippen molar-refractivity contribution in [2.45, 2.75) is 26.3 Å². The van der Waals surface area contributed by atoms with Crippen LogP contribution in [0, 0.1) is 5.41 Å². The zero-order valence-corrected chi connectivity index (χ0v) is 14.7. The minimum absolute atomic E-state index is 0.00106. The second-order valence-corrected chi connectivity index (χ2v) is 6.90. The fraction of sp³-hybridized carbons (Fsp3) is 0.421. The van der Waals surface area contributed by atoms with Crippen molar-refractivity contribution in [2.75, 3.05) is 13.1 Å². The van der Waals surface area contributed by atoms with E-state index in [2.05, 4.69) is 10.4 Å². The van der Waals surface area contributed by atoms with Crippen LogP contribution in [0.4, 0.5) is 0 Å². The summed E-state index contributed by atoms with van der Waals surface area (Å²) in [6.45, 7) is 3.55. The quantitative estimate of drug-likeness (QED) is 0.925. The standard InChI is InChI=1S/C19H24N4O2/c1-19(18(25)20-13-15-7-4-3-5-8-15)10-6-12-23(14-19)17(24)16-9-11-21-22(16)2/h3-5,7-9,11H,6,10,12-14H2,1-2H3,(H,20,25)/t19-/m0/s1. The molecule has 2 amide bonds. The summed E-state index contributed by atoms with van der Waals surface area (Å²) in [5, 5.41) is 7.08. The van der Waals surface area contributed by atoms with E-state index in [1.807, 2.05) is 37.3 Å². The normalized spacial score (nSPS) is 20.3. The minimum atomic E-state index is -0.568. The molecule has 0 aliphatic carbocycles. The Morgan fingerprint density at radius 2 is 2.00 bits per heavy atom. The number of piperidine rings is 1. The second-order valence-electron chi connectivity index (χ2n) is 6.90. The maximum atomic E-state index is 12.7. The van der Waals surface area contributed by atoms with Gasteiger partial charge in [0.25, 0.3) is 5.91 Å². The van der Waals surface area contributed by atoms with E-state index < -0.39 is 5.41 Å². The number of amides is 2. The number of hydrogen-bond donors (Lipinski definition) is 1. The van der Waals surface area contributed by atoms with Crippen LogP contribution in [0.1, 0.15) is 35.8 Å². The van der Waals surface area contributed by atoms with Gasteiger partial charge in [-0.3, -0.25) is 14.3 Å². The largest absolute Gasteiger partial charge is 0.351 e. The monoisotopic (exact) mass is 340 g/mol. The van der Waals surface area contributed by atoms with Gasteiger partial charge >= 0.3 is 0 Å². The van der Waals surface area contributed by atoms with Crippen LogP contribution in [0.15, 0.2) is 42.6 Å². The molecule has 3 rings (SSSR count). The minimum Gasteiger partial charge on any atom is -0.351 e. The Labute approximate surface area is 147 Å². The van der Waals surface area contributed by atoms with Crippen molar-refractivity contribution in [1.82, 2.24) is 20.0 Å². The summed E-state index contributed by atoms with van der Waals surface area (Å²) in [4.78, 5) is 27.2. The third-order valence-electron chi connectivity index (χ3n) is 4.87. The van der Waals surface area contributed by atoms with Crippen molar-refractivity contribution < 1.29 is 9.59 Å². The molecule has 25 heavy (non-hydrogen) atoms. The molecule has 1 aromatic heterocycles. The first kappa shape index (κ1) is 17.2. The molecular weight excluding hydrogens is 316 g/mol. The molecule has 0 unspecified atom stereocenters. The van der Waals surface area contributed by atoms with Crippen molar-refractivity contribution >= 4 is 11.8 Å². The molecule has 1 aliphatic rings. The van der Waals surface area contributed by atoms with Gasteiger partial charge in [0.1, 0.15) is 5.69 Å². The van der Waals surface area contributed by atoms with E-state index in [0.717, 1.165) is 18.4 Å². The lowest BCUT2D eigenvalue weighted by Gasteiger charge is -2.39. The summed E-state index contributed by atoms with van der Waals surface area (Å²) >= 11 is 0. The Hall–Kier alpha value is -2.63. The van der Waals surface area contributed by atoms with E-state index in [1.54, 1.807) is 28.9 Å². The average Bonchev–Trinajstić information content (AvgIpc) is 3.06. The first-order chi connectivity index (χ1) is 12.0. The Kier molecular flexibility index (Phi) is 4.88. The summed E-state index contributed by atoms with van der Waals surface area (Å²) in [6, 6.07) is 11.6. The highest BCUT2D eigenvalue weighted by Crippen LogP contribution is 2.30. The Morgan fingerprint density at radius 1 is 1.24 bits per heavy atom. The number of nitrogens with one attached hydrogen (secondary N) is 1. The Morgan fingerprint density at radius 3 is 2.68 bits per heavy atom. The number of likely N-dealkylation sites (tertiary alicyclic amines) is 1. The number of carbonyl (C=O) groups excluding carboxylic acids is 2. The molecule has 1 fully saturated rings. The molecule has 6 nitrogen and oxygen atoms in total. The number of carbonyl (C=O) groups is 2. The topological polar surface area (TPSA) is 67.2 Å². The number of nitrogens with zero attached hydrogens (tertiary/aromatic N) is 3. The molecule has 0 spiro atoms. The number of rotatable bonds is 4. The summed E-state index contributed by atoms with van der Waals surface area (Å²) in [6.07, 6.45) is 3.21. The second kappa shape index (κ2) is 7.09. The number of aromatic nitrogens is 2. The average molecular weight is 340 g/mol. The summed E-state index contributed by atoms with van der Waals surface area (Å²) < 4.78 is 1.57. The molecule has 0 bridgehead atoms. The summed E-state index contributed by atoms with van der Waals surface area (Å²) in [7, 11) is 1.75. The first-order valence-electron chi connectivity index (χ1n) is 8.59. The highest BCUT2D eigenvalue weighted by Gasteiger charge is 2.39. The lowest BCUT2D eigenvalue weighted by Crippen LogP contribution is -2.52. The molecule has 0 saturated carbocycles. The first-order valence-corrected chi connectivity index (χ1v) is 8.59. The molecule has 1 N–H and O–H groups in total. The number of aryl methyl sites for hydroxylation is 1. The van der Waals surface area contributed by atoms with E-state index in [1.165, 1.54) is 0 Å². The van der Waals surface area contributed by atoms with Gasteiger partial charge in [-0.15, -0.1) is 0 Å². The smallest absolute Gasteiger partial charge is 0.272 e. The fourth-order valence-electron chi connectivity index (χ4n) is 3.34. The van der Waals surface area contributed by atoms with E-state index in [0.29, 0.717) is 25.3 Å². The third-order valence-corrected chi connectivity index (χ3v) is 4.87. The SMILES string of the molecule is Cn1nccc1C(=O)N1CCC[C@](C)(C(=O)NCc2ccccc2)C1. The van der Waals surface area contributed by atoms with Crippen molar-refractivity contribution in [3.05, 3.63) is 53.9 Å². The highest BCUT2D eigenvalue weighted by atomic mass is 16.2. The maximum absolute atomic E-state index is 12.7. The van der Waals surface area contributed by atoms with Crippen LogP contribution < -0.4 is 5.32 Å². The van der Waals surface area contributed by atoms with Gasteiger partial charge in [-0.2, -0.15) is 5.10 Å². The zero-order chi connectivity index (χ0) is 17.9. The van der Waals surface area contributed by atoms with E-state index in [-0.39, 0.29) is 11.8 Å². The van der Waals surface area contributed by atoms with Gasteiger partial charge in [-0.05, 0) is 31.4 Å². The lowest BCUT2D eigenvalue weighted by molar-refractivity contribution is -0.132. The van der Waals surface area contributed by atoms with Crippen LogP contribution in [-0.2, 0) is 18.4 Å². The highest BCUT2D eigenvalue weighted by molar-refractivity contribution is 5.93. The summed E-state index contributed by atoms with van der Waals surface area (Å²) in [5.41, 5.74) is 1.05. The molecule has 1 aromatic carbocycles. The molecule has 132 valence electrons. The maximum Gasteiger partial charge on any atom is 0.272 e. The number of hydrogen-bond acceptors (Lipinski definition) is 3. The van der Waals surface area contributed by atoms with Gasteiger partial charge in [0.15, 0.2) is 0 Å². The molecule has 1 saturated heterocycles. The van der Waals surface area contributed by atoms with Crippen LogP contribution in [0.3, 0.4) is 0 Å². The predicted molar refractivity (Wildman–Crippen MR) is 94.7 cm³/mol. The molecule has 2 aromatic rings. The molecular formula is C19H24N4O2. The third kappa shape index (κ3) is 3.73. The van der Waals surface area contributed by atoms with Crippen molar-refractivity contribution in [1.29, 1.82) is 0 Å². The zero-order valence-electron chi connectivity index (χ0n) is 14.7. The van der Waals surface area contributed by atoms with Crippen molar-refractivity contribution in [3.8, 4) is 0 Å². The van der Waals surface area contributed by atoms with Gasteiger partial charge < -0.3 is 10.2 Å². The van der Waals surface area contributed by atoms with Crippen molar-refractivity contribution in [2.24, 2.45) is 12.5 Å². The predicted octanol–water partition coefficient (Wildman–Crippen LogP) is 1.98.